The molecule has 2 heterocycles. The van der Waals surface area contributed by atoms with Gasteiger partial charge in [-0.05, 0) is 17.7 Å². The number of nitrogens with one attached hydrogen (secondary N) is 1. The van der Waals surface area contributed by atoms with Crippen molar-refractivity contribution in [1.82, 2.24) is 13.7 Å². The molecule has 0 aromatic carbocycles. The fourth-order valence-electron chi connectivity index (χ4n) is 0.867. The molecule has 0 aliphatic heterocycles. The molecule has 2 aromatic heterocycles. The summed E-state index contributed by atoms with van der Waals surface area (Å²) >= 11 is 1.22. The van der Waals surface area contributed by atoms with Crippen LogP contribution in [0.15, 0.2) is 24.7 Å². The maximum Gasteiger partial charge on any atom is 0.0969 e. The topological polar surface area (TPSA) is 41.6 Å². The average molecular weight is 177 g/mol. The van der Waals surface area contributed by atoms with E-state index in [-0.39, 0.29) is 0 Å². The minimum atomic E-state index is 0.904. The third kappa shape index (κ3) is 1.60. The lowest BCUT2D eigenvalue weighted by Gasteiger charge is -1.80. The molecule has 0 spiro atoms. The Morgan fingerprint density at radius 2 is 2.42 bits per heavy atom. The van der Waals surface area contributed by atoms with Crippen LogP contribution in [0.5, 0.6) is 0 Å². The first-order valence-corrected chi connectivity index (χ1v) is 4.26. The molecule has 2 aromatic rings. The summed E-state index contributed by atoms with van der Waals surface area (Å²) in [6.07, 6.45) is 9.49. The van der Waals surface area contributed by atoms with E-state index in [0.717, 1.165) is 11.3 Å². The van der Waals surface area contributed by atoms with Gasteiger partial charge < -0.3 is 4.98 Å². The molecular weight excluding hydrogens is 170 g/mol. The minimum Gasteiger partial charge on any atom is -0.367 e. The van der Waals surface area contributed by atoms with Crippen LogP contribution in [0.4, 0.5) is 0 Å². The highest BCUT2D eigenvalue weighted by Gasteiger charge is 1.88. The van der Waals surface area contributed by atoms with Crippen LogP contribution in [-0.2, 0) is 0 Å². The molecule has 60 valence electrons. The molecule has 0 saturated carbocycles. The minimum absolute atomic E-state index is 0.904. The van der Waals surface area contributed by atoms with Gasteiger partial charge in [-0.3, -0.25) is 0 Å². The van der Waals surface area contributed by atoms with Gasteiger partial charge in [-0.25, -0.2) is 0 Å². The lowest BCUT2D eigenvalue weighted by molar-refractivity contribution is 1.41. The summed E-state index contributed by atoms with van der Waals surface area (Å²) in [6, 6.07) is 2.00. The van der Waals surface area contributed by atoms with Gasteiger partial charge in [0.15, 0.2) is 0 Å². The Morgan fingerprint density at radius 3 is 3.08 bits per heavy atom. The lowest BCUT2D eigenvalue weighted by atomic mass is 10.3. The van der Waals surface area contributed by atoms with E-state index in [9.17, 15) is 0 Å². The van der Waals surface area contributed by atoms with Crippen molar-refractivity contribution in [1.29, 1.82) is 0 Å². The number of rotatable bonds is 2. The largest absolute Gasteiger partial charge is 0.367 e. The highest BCUT2D eigenvalue weighted by Crippen LogP contribution is 2.04. The highest BCUT2D eigenvalue weighted by atomic mass is 32.1. The quantitative estimate of drug-likeness (QED) is 0.762. The van der Waals surface area contributed by atoms with Gasteiger partial charge in [0.2, 0.25) is 0 Å². The number of hydrogen-bond donors (Lipinski definition) is 1. The smallest absolute Gasteiger partial charge is 0.0969 e. The van der Waals surface area contributed by atoms with E-state index in [2.05, 4.69) is 13.7 Å². The van der Waals surface area contributed by atoms with Crippen molar-refractivity contribution in [3.05, 3.63) is 35.9 Å². The van der Waals surface area contributed by atoms with Crippen LogP contribution in [0, 0.1) is 0 Å². The Bertz CT molecular complexity index is 311. The number of H-pyrrole nitrogens is 1. The van der Waals surface area contributed by atoms with Gasteiger partial charge >= 0.3 is 0 Å². The van der Waals surface area contributed by atoms with Crippen LogP contribution in [0.3, 0.4) is 0 Å². The summed E-state index contributed by atoms with van der Waals surface area (Å²) in [5.74, 6) is 0. The monoisotopic (exact) mass is 177 g/mol. The van der Waals surface area contributed by atoms with Crippen molar-refractivity contribution in [2.24, 2.45) is 0 Å². The van der Waals surface area contributed by atoms with E-state index in [4.69, 9.17) is 0 Å². The Balaban J connectivity index is 2.14. The standard InChI is InChI=1S/C8H7N3S/c1(7-3-4-9-5-7)2-8-6-10-12-11-8/h1-6,9H. The zero-order chi connectivity index (χ0) is 8.23. The van der Waals surface area contributed by atoms with E-state index in [0.29, 0.717) is 0 Å². The Labute approximate surface area is 74.1 Å². The molecule has 4 heteroatoms. The van der Waals surface area contributed by atoms with Gasteiger partial charge in [0.1, 0.15) is 0 Å². The van der Waals surface area contributed by atoms with E-state index in [1.807, 2.05) is 30.6 Å². The molecule has 0 bridgehead atoms. The maximum atomic E-state index is 4.05. The van der Waals surface area contributed by atoms with Crippen LogP contribution in [-0.4, -0.2) is 13.7 Å². The molecule has 0 saturated heterocycles. The lowest BCUT2D eigenvalue weighted by Crippen LogP contribution is -1.66. The zero-order valence-electron chi connectivity index (χ0n) is 6.27. The molecule has 0 radical (unpaired) electrons. The SMILES string of the molecule is C(=Cc1cnsn1)c1cc[nH]c1. The van der Waals surface area contributed by atoms with Crippen LogP contribution in [0.1, 0.15) is 11.3 Å². The van der Waals surface area contributed by atoms with Gasteiger partial charge in [-0.15, -0.1) is 0 Å². The fourth-order valence-corrected chi connectivity index (χ4v) is 1.27. The second-order valence-electron chi connectivity index (χ2n) is 2.31. The van der Waals surface area contributed by atoms with Crippen molar-refractivity contribution in [2.75, 3.05) is 0 Å². The van der Waals surface area contributed by atoms with E-state index < -0.39 is 0 Å². The van der Waals surface area contributed by atoms with Crippen molar-refractivity contribution < 1.29 is 0 Å². The molecular formula is C8H7N3S. The van der Waals surface area contributed by atoms with Crippen molar-refractivity contribution in [3.63, 3.8) is 0 Å². The molecule has 0 atom stereocenters. The molecule has 0 aliphatic carbocycles. The third-order valence-corrected chi connectivity index (χ3v) is 1.94. The summed E-state index contributed by atoms with van der Waals surface area (Å²) in [5.41, 5.74) is 2.05. The Morgan fingerprint density at radius 1 is 1.42 bits per heavy atom. The van der Waals surface area contributed by atoms with Crippen molar-refractivity contribution in [3.8, 4) is 0 Å². The van der Waals surface area contributed by atoms with Gasteiger partial charge in [0.05, 0.1) is 23.6 Å². The molecule has 3 nitrogen and oxygen atoms in total. The zero-order valence-corrected chi connectivity index (χ0v) is 7.08. The van der Waals surface area contributed by atoms with E-state index in [1.54, 1.807) is 6.20 Å². The van der Waals surface area contributed by atoms with Gasteiger partial charge in [0, 0.05) is 12.4 Å². The van der Waals surface area contributed by atoms with E-state index >= 15 is 0 Å². The molecule has 0 amide bonds. The predicted molar refractivity (Wildman–Crippen MR) is 49.6 cm³/mol. The molecule has 1 N–H and O–H groups in total. The first-order valence-electron chi connectivity index (χ1n) is 3.53. The first-order chi connectivity index (χ1) is 5.95. The van der Waals surface area contributed by atoms with E-state index in [1.165, 1.54) is 11.7 Å². The second-order valence-corrected chi connectivity index (χ2v) is 2.87. The van der Waals surface area contributed by atoms with Gasteiger partial charge in [-0.1, -0.05) is 6.08 Å². The van der Waals surface area contributed by atoms with Crippen LogP contribution < -0.4 is 0 Å². The predicted octanol–water partition coefficient (Wildman–Crippen LogP) is 2.04. The summed E-state index contributed by atoms with van der Waals surface area (Å²) in [6.45, 7) is 0. The Hall–Kier alpha value is -1.42. The second kappa shape index (κ2) is 3.32. The molecule has 2 rings (SSSR count). The fraction of sp³-hybridized carbons (Fsp3) is 0. The Kier molecular flexibility index (Phi) is 2.00. The van der Waals surface area contributed by atoms with Crippen molar-refractivity contribution in [2.45, 2.75) is 0 Å². The van der Waals surface area contributed by atoms with Crippen LogP contribution in [0.25, 0.3) is 12.2 Å². The number of nitrogens with zero attached hydrogens (tertiary/aromatic N) is 2. The number of aromatic nitrogens is 3. The van der Waals surface area contributed by atoms with Crippen LogP contribution >= 0.6 is 11.7 Å². The third-order valence-electron chi connectivity index (χ3n) is 1.45. The molecule has 0 unspecified atom stereocenters. The van der Waals surface area contributed by atoms with Crippen LogP contribution in [0.2, 0.25) is 0 Å². The van der Waals surface area contributed by atoms with Gasteiger partial charge in [0.25, 0.3) is 0 Å². The average Bonchev–Trinajstić information content (AvgIpc) is 2.74. The maximum absolute atomic E-state index is 4.05. The number of aromatic amines is 1. The molecule has 0 fully saturated rings. The summed E-state index contributed by atoms with van der Waals surface area (Å²) in [5, 5.41) is 0. The summed E-state index contributed by atoms with van der Waals surface area (Å²) in [7, 11) is 0. The molecule has 12 heavy (non-hydrogen) atoms. The van der Waals surface area contributed by atoms with Crippen molar-refractivity contribution >= 4 is 23.9 Å². The first kappa shape index (κ1) is 7.24. The summed E-state index contributed by atoms with van der Waals surface area (Å²) < 4.78 is 7.94. The normalized spacial score (nSPS) is 11.0. The molecule has 0 aliphatic rings. The number of hydrogen-bond acceptors (Lipinski definition) is 3. The highest BCUT2D eigenvalue weighted by molar-refractivity contribution is 6.99. The van der Waals surface area contributed by atoms with Gasteiger partial charge in [-0.2, -0.15) is 8.75 Å². The summed E-state index contributed by atoms with van der Waals surface area (Å²) in [4.78, 5) is 2.98.